The van der Waals surface area contributed by atoms with Gasteiger partial charge in [-0.2, -0.15) is 0 Å². The molecule has 116 valence electrons. The quantitative estimate of drug-likeness (QED) is 0.879. The van der Waals surface area contributed by atoms with Gasteiger partial charge in [0, 0.05) is 12.0 Å². The molecule has 3 unspecified atom stereocenters. The topological polar surface area (TPSA) is 55.1 Å². The molecule has 0 spiro atoms. The van der Waals surface area contributed by atoms with Crippen molar-refractivity contribution in [2.24, 2.45) is 23.0 Å². The van der Waals surface area contributed by atoms with Gasteiger partial charge in [0.25, 0.3) is 0 Å². The molecular formula is C16H22F2N2O. The van der Waals surface area contributed by atoms with Gasteiger partial charge in [0.05, 0.1) is 0 Å². The number of para-hydroxylation sites is 1. The second-order valence-corrected chi connectivity index (χ2v) is 6.49. The Labute approximate surface area is 123 Å². The Hall–Kier alpha value is -1.49. The lowest BCUT2D eigenvalue weighted by atomic mass is 9.61. The molecule has 21 heavy (non-hydrogen) atoms. The lowest BCUT2D eigenvalue weighted by Crippen LogP contribution is -2.50. The lowest BCUT2D eigenvalue weighted by Gasteiger charge is -2.46. The van der Waals surface area contributed by atoms with Crippen molar-refractivity contribution in [3.63, 3.8) is 0 Å². The van der Waals surface area contributed by atoms with E-state index in [4.69, 9.17) is 5.73 Å². The Bertz CT molecular complexity index is 525. The summed E-state index contributed by atoms with van der Waals surface area (Å²) in [5.74, 6) is -2.02. The zero-order valence-electron chi connectivity index (χ0n) is 12.6. The molecule has 3 atom stereocenters. The molecule has 5 heteroatoms. The molecule has 0 radical (unpaired) electrons. The average molecular weight is 296 g/mol. The predicted octanol–water partition coefficient (Wildman–Crippen LogP) is 3.30. The number of hydrogen-bond donors (Lipinski definition) is 2. The van der Waals surface area contributed by atoms with E-state index >= 15 is 0 Å². The van der Waals surface area contributed by atoms with Crippen LogP contribution in [0.3, 0.4) is 0 Å². The third kappa shape index (κ3) is 2.93. The van der Waals surface area contributed by atoms with Crippen LogP contribution in [0.4, 0.5) is 14.5 Å². The number of carbonyl (C=O) groups is 1. The van der Waals surface area contributed by atoms with Crippen LogP contribution in [0, 0.1) is 28.9 Å². The van der Waals surface area contributed by atoms with Crippen molar-refractivity contribution in [3.8, 4) is 0 Å². The summed E-state index contributed by atoms with van der Waals surface area (Å²) in [5.41, 5.74) is 5.38. The van der Waals surface area contributed by atoms with Crippen LogP contribution in [0.2, 0.25) is 0 Å². The second kappa shape index (κ2) is 5.72. The smallest absolute Gasteiger partial charge is 0.228 e. The molecular weight excluding hydrogens is 274 g/mol. The van der Waals surface area contributed by atoms with E-state index in [0.29, 0.717) is 6.42 Å². The van der Waals surface area contributed by atoms with E-state index < -0.39 is 11.6 Å². The van der Waals surface area contributed by atoms with Gasteiger partial charge in [-0.3, -0.25) is 4.79 Å². The highest BCUT2D eigenvalue weighted by molar-refractivity contribution is 5.93. The monoisotopic (exact) mass is 296 g/mol. The Kier molecular flexibility index (Phi) is 4.33. The number of anilines is 1. The van der Waals surface area contributed by atoms with Crippen molar-refractivity contribution in [2.45, 2.75) is 39.7 Å². The lowest BCUT2D eigenvalue weighted by molar-refractivity contribution is -0.127. The summed E-state index contributed by atoms with van der Waals surface area (Å²) in [6.07, 6.45) is 1.36. The third-order valence-corrected chi connectivity index (χ3v) is 5.03. The first-order chi connectivity index (χ1) is 9.75. The molecule has 0 heterocycles. The van der Waals surface area contributed by atoms with Crippen LogP contribution in [-0.2, 0) is 4.79 Å². The van der Waals surface area contributed by atoms with Gasteiger partial charge in [0.2, 0.25) is 5.91 Å². The summed E-state index contributed by atoms with van der Waals surface area (Å²) in [5, 5.41) is 2.41. The maximum absolute atomic E-state index is 13.6. The maximum Gasteiger partial charge on any atom is 0.228 e. The van der Waals surface area contributed by atoms with E-state index in [0.717, 1.165) is 18.6 Å². The fourth-order valence-corrected chi connectivity index (χ4v) is 3.15. The van der Waals surface area contributed by atoms with Crippen molar-refractivity contribution in [1.82, 2.24) is 0 Å². The van der Waals surface area contributed by atoms with Gasteiger partial charge < -0.3 is 11.1 Å². The van der Waals surface area contributed by atoms with Gasteiger partial charge in [0.1, 0.15) is 17.3 Å². The van der Waals surface area contributed by atoms with E-state index in [9.17, 15) is 13.6 Å². The molecule has 0 bridgehead atoms. The van der Waals surface area contributed by atoms with Crippen LogP contribution < -0.4 is 11.1 Å². The van der Waals surface area contributed by atoms with Crippen molar-refractivity contribution >= 4 is 11.6 Å². The zero-order chi connectivity index (χ0) is 15.8. The molecule has 0 aliphatic heterocycles. The molecule has 0 saturated heterocycles. The molecule has 0 aromatic heterocycles. The van der Waals surface area contributed by atoms with Crippen LogP contribution >= 0.6 is 0 Å². The number of nitrogens with one attached hydrogen (secondary N) is 1. The van der Waals surface area contributed by atoms with Crippen LogP contribution in [0.1, 0.15) is 33.6 Å². The van der Waals surface area contributed by atoms with E-state index in [2.05, 4.69) is 5.32 Å². The first kappa shape index (κ1) is 15.9. The summed E-state index contributed by atoms with van der Waals surface area (Å²) in [6, 6.07) is 3.58. The number of carbonyl (C=O) groups excluding carboxylic acids is 1. The Morgan fingerprint density at radius 3 is 2.43 bits per heavy atom. The summed E-state index contributed by atoms with van der Waals surface area (Å²) >= 11 is 0. The molecule has 1 aliphatic rings. The van der Waals surface area contributed by atoms with Gasteiger partial charge in [-0.05, 0) is 36.3 Å². The number of benzene rings is 1. The van der Waals surface area contributed by atoms with Crippen LogP contribution in [0.5, 0.6) is 0 Å². The first-order valence-electron chi connectivity index (χ1n) is 7.25. The van der Waals surface area contributed by atoms with Crippen LogP contribution in [0.15, 0.2) is 18.2 Å². The highest BCUT2D eigenvalue weighted by Crippen LogP contribution is 2.44. The SMILES string of the molecule is CC1C(N)CCC(C(=O)Nc2c(F)cccc2F)C1(C)C. The molecule has 3 nitrogen and oxygen atoms in total. The van der Waals surface area contributed by atoms with Gasteiger partial charge in [-0.1, -0.05) is 26.8 Å². The summed E-state index contributed by atoms with van der Waals surface area (Å²) in [7, 11) is 0. The Balaban J connectivity index is 2.21. The van der Waals surface area contributed by atoms with Crippen molar-refractivity contribution in [2.75, 3.05) is 5.32 Å². The number of nitrogens with two attached hydrogens (primary N) is 1. The molecule has 1 aromatic carbocycles. The zero-order valence-corrected chi connectivity index (χ0v) is 12.6. The number of rotatable bonds is 2. The fraction of sp³-hybridized carbons (Fsp3) is 0.562. The van der Waals surface area contributed by atoms with Crippen LogP contribution in [0.25, 0.3) is 0 Å². The van der Waals surface area contributed by atoms with E-state index in [-0.39, 0.29) is 34.9 Å². The first-order valence-corrected chi connectivity index (χ1v) is 7.25. The number of halogens is 2. The van der Waals surface area contributed by atoms with Gasteiger partial charge in [0.15, 0.2) is 0 Å². The number of hydrogen-bond acceptors (Lipinski definition) is 2. The Morgan fingerprint density at radius 2 is 1.86 bits per heavy atom. The molecule has 2 rings (SSSR count). The molecule has 1 fully saturated rings. The van der Waals surface area contributed by atoms with Gasteiger partial charge >= 0.3 is 0 Å². The standard InChI is InChI=1S/C16H22F2N2O/c1-9-13(19)8-7-10(16(9,2)3)15(21)20-14-11(17)5-4-6-12(14)18/h4-6,9-10,13H,7-8,19H2,1-3H3,(H,20,21). The average Bonchev–Trinajstić information content (AvgIpc) is 2.40. The molecule has 1 saturated carbocycles. The van der Waals surface area contributed by atoms with Gasteiger partial charge in [-0.25, -0.2) is 8.78 Å². The minimum atomic E-state index is -0.762. The molecule has 1 aromatic rings. The van der Waals surface area contributed by atoms with E-state index in [1.165, 1.54) is 6.07 Å². The normalized spacial score (nSPS) is 28.2. The summed E-state index contributed by atoms with van der Waals surface area (Å²) in [6.45, 7) is 5.99. The molecule has 1 aliphatic carbocycles. The maximum atomic E-state index is 13.6. The third-order valence-electron chi connectivity index (χ3n) is 5.03. The molecule has 1 amide bonds. The van der Waals surface area contributed by atoms with Crippen LogP contribution in [-0.4, -0.2) is 11.9 Å². The van der Waals surface area contributed by atoms with E-state index in [1.807, 2.05) is 20.8 Å². The Morgan fingerprint density at radius 1 is 1.29 bits per heavy atom. The van der Waals surface area contributed by atoms with Crippen molar-refractivity contribution in [3.05, 3.63) is 29.8 Å². The highest BCUT2D eigenvalue weighted by Gasteiger charge is 2.45. The largest absolute Gasteiger partial charge is 0.327 e. The fourth-order valence-electron chi connectivity index (χ4n) is 3.15. The van der Waals surface area contributed by atoms with E-state index in [1.54, 1.807) is 0 Å². The minimum Gasteiger partial charge on any atom is -0.327 e. The van der Waals surface area contributed by atoms with Crippen molar-refractivity contribution < 1.29 is 13.6 Å². The summed E-state index contributed by atoms with van der Waals surface area (Å²) < 4.78 is 27.3. The second-order valence-electron chi connectivity index (χ2n) is 6.49. The predicted molar refractivity (Wildman–Crippen MR) is 78.6 cm³/mol. The van der Waals surface area contributed by atoms with Gasteiger partial charge in [-0.15, -0.1) is 0 Å². The summed E-state index contributed by atoms with van der Waals surface area (Å²) in [4.78, 5) is 12.5. The van der Waals surface area contributed by atoms with Crippen molar-refractivity contribution in [1.29, 1.82) is 0 Å². The molecule has 3 N–H and O–H groups in total. The minimum absolute atomic E-state index is 0.0502. The number of amides is 1. The highest BCUT2D eigenvalue weighted by atomic mass is 19.1.